The molecule has 6 heteroatoms. The van der Waals surface area contributed by atoms with Crippen molar-refractivity contribution in [1.29, 1.82) is 0 Å². The number of nitrogens with zero attached hydrogens (tertiary/aromatic N) is 2. The van der Waals surface area contributed by atoms with E-state index in [2.05, 4.69) is 33.0 Å². The third-order valence-electron chi connectivity index (χ3n) is 3.91. The molecule has 0 saturated carbocycles. The zero-order valence-corrected chi connectivity index (χ0v) is 15.5. The van der Waals surface area contributed by atoms with Gasteiger partial charge in [-0.3, -0.25) is 9.69 Å². The molecule has 0 radical (unpaired) electrons. The van der Waals surface area contributed by atoms with Crippen LogP contribution in [0.3, 0.4) is 0 Å². The highest BCUT2D eigenvalue weighted by atomic mass is 79.9. The van der Waals surface area contributed by atoms with Gasteiger partial charge in [-0.1, -0.05) is 63.4 Å². The average Bonchev–Trinajstić information content (AvgIpc) is 2.88. The van der Waals surface area contributed by atoms with E-state index in [4.69, 9.17) is 23.2 Å². The molecular weight excluding hydrogens is 399 g/mol. The topological polar surface area (TPSA) is 25.2 Å². The minimum Gasteiger partial charge on any atom is -0.317 e. The second-order valence-corrected chi connectivity index (χ2v) is 7.32. The van der Waals surface area contributed by atoms with E-state index in [1.807, 2.05) is 30.5 Å². The van der Waals surface area contributed by atoms with E-state index in [0.717, 1.165) is 17.1 Å². The molecule has 1 aliphatic rings. The Morgan fingerprint density at radius 1 is 1.17 bits per heavy atom. The molecule has 2 aromatic rings. The number of pyridine rings is 1. The summed E-state index contributed by atoms with van der Waals surface area (Å²) in [5.74, 6) is 0. The van der Waals surface area contributed by atoms with Crippen molar-refractivity contribution in [2.24, 2.45) is 7.05 Å². The summed E-state index contributed by atoms with van der Waals surface area (Å²) in [7, 11) is 1.71. The van der Waals surface area contributed by atoms with Crippen LogP contribution in [-0.4, -0.2) is 14.4 Å². The quantitative estimate of drug-likeness (QED) is 0.419. The maximum atomic E-state index is 11.8. The number of hydrogen-bond donors (Lipinski definition) is 0. The molecule has 2 unspecified atom stereocenters. The Balaban J connectivity index is 1.90. The first kappa shape index (κ1) is 16.8. The van der Waals surface area contributed by atoms with Crippen LogP contribution in [-0.2, 0) is 13.6 Å². The number of alkyl halides is 1. The maximum absolute atomic E-state index is 11.8. The molecule has 1 aromatic carbocycles. The minimum absolute atomic E-state index is 0.0550. The first-order chi connectivity index (χ1) is 11.0. The van der Waals surface area contributed by atoms with Crippen molar-refractivity contribution >= 4 is 39.1 Å². The summed E-state index contributed by atoms with van der Waals surface area (Å²) < 4.78 is 1.52. The van der Waals surface area contributed by atoms with Crippen LogP contribution in [0.2, 0.25) is 10.0 Å². The third-order valence-corrected chi connectivity index (χ3v) is 5.26. The summed E-state index contributed by atoms with van der Waals surface area (Å²) in [4.78, 5) is 14.2. The predicted molar refractivity (Wildman–Crippen MR) is 98.3 cm³/mol. The third kappa shape index (κ3) is 3.56. The molecular formula is C17H15BrCl2N2O. The van der Waals surface area contributed by atoms with Crippen LogP contribution >= 0.6 is 39.1 Å². The van der Waals surface area contributed by atoms with E-state index in [9.17, 15) is 4.79 Å². The molecule has 2 heterocycles. The lowest BCUT2D eigenvalue weighted by atomic mass is 10.1. The lowest BCUT2D eigenvalue weighted by molar-refractivity contribution is 0.251. The number of rotatable bonds is 3. The summed E-state index contributed by atoms with van der Waals surface area (Å²) >= 11 is 15.7. The van der Waals surface area contributed by atoms with Gasteiger partial charge in [-0.15, -0.1) is 0 Å². The molecule has 0 spiro atoms. The molecule has 0 N–H and O–H groups in total. The number of hydrogen-bond acceptors (Lipinski definition) is 2. The van der Waals surface area contributed by atoms with E-state index in [1.165, 1.54) is 10.1 Å². The van der Waals surface area contributed by atoms with E-state index >= 15 is 0 Å². The summed E-state index contributed by atoms with van der Waals surface area (Å²) in [6, 6.07) is 9.62. The predicted octanol–water partition coefficient (Wildman–Crippen LogP) is 4.53. The van der Waals surface area contributed by atoms with Gasteiger partial charge in [0.25, 0.3) is 5.56 Å². The molecule has 0 bridgehead atoms. The first-order valence-electron chi connectivity index (χ1n) is 7.14. The molecule has 0 amide bonds. The van der Waals surface area contributed by atoms with Crippen LogP contribution in [0.15, 0.2) is 53.5 Å². The second-order valence-electron chi connectivity index (χ2n) is 5.54. The van der Waals surface area contributed by atoms with Crippen molar-refractivity contribution < 1.29 is 0 Å². The fraction of sp³-hybridized carbons (Fsp3) is 0.235. The van der Waals surface area contributed by atoms with Crippen LogP contribution in [0.4, 0.5) is 0 Å². The molecule has 2 atom stereocenters. The van der Waals surface area contributed by atoms with Gasteiger partial charge in [0, 0.05) is 24.8 Å². The SMILES string of the molecule is Cn1cc(C2C=CC(Br)N2Cc2ccc(Cl)cc2)cc(Cl)c1=O. The molecule has 1 aliphatic heterocycles. The van der Waals surface area contributed by atoms with Crippen molar-refractivity contribution in [1.82, 2.24) is 9.47 Å². The van der Waals surface area contributed by atoms with E-state index in [1.54, 1.807) is 13.1 Å². The van der Waals surface area contributed by atoms with Crippen LogP contribution in [0.25, 0.3) is 0 Å². The van der Waals surface area contributed by atoms with Gasteiger partial charge >= 0.3 is 0 Å². The van der Waals surface area contributed by atoms with E-state index < -0.39 is 0 Å². The van der Waals surface area contributed by atoms with Crippen LogP contribution in [0.1, 0.15) is 17.2 Å². The van der Waals surface area contributed by atoms with Gasteiger partial charge in [-0.05, 0) is 29.3 Å². The van der Waals surface area contributed by atoms with Crippen molar-refractivity contribution in [2.45, 2.75) is 17.5 Å². The maximum Gasteiger partial charge on any atom is 0.269 e. The molecule has 3 rings (SSSR count). The van der Waals surface area contributed by atoms with Gasteiger partial charge < -0.3 is 4.57 Å². The minimum atomic E-state index is -0.183. The summed E-state index contributed by atoms with van der Waals surface area (Å²) in [5, 5.41) is 0.966. The Labute approximate surface area is 153 Å². The lowest BCUT2D eigenvalue weighted by Crippen LogP contribution is -2.29. The Morgan fingerprint density at radius 3 is 2.52 bits per heavy atom. The van der Waals surface area contributed by atoms with E-state index in [0.29, 0.717) is 0 Å². The zero-order valence-electron chi connectivity index (χ0n) is 12.4. The fourth-order valence-corrected chi connectivity index (χ4v) is 3.68. The van der Waals surface area contributed by atoms with Crippen molar-refractivity contribution in [3.63, 3.8) is 0 Å². The molecule has 0 aliphatic carbocycles. The molecule has 1 aromatic heterocycles. The molecule has 120 valence electrons. The fourth-order valence-electron chi connectivity index (χ4n) is 2.72. The van der Waals surface area contributed by atoms with Crippen molar-refractivity contribution in [3.8, 4) is 0 Å². The smallest absolute Gasteiger partial charge is 0.269 e. The summed E-state index contributed by atoms with van der Waals surface area (Å²) in [5.41, 5.74) is 1.98. The molecule has 0 fully saturated rings. The number of aryl methyl sites for hydroxylation is 1. The second kappa shape index (κ2) is 6.81. The average molecular weight is 414 g/mol. The van der Waals surface area contributed by atoms with Crippen molar-refractivity contribution in [3.05, 3.63) is 80.2 Å². The van der Waals surface area contributed by atoms with Gasteiger partial charge in [0.2, 0.25) is 0 Å². The molecule has 3 nitrogen and oxygen atoms in total. The van der Waals surface area contributed by atoms with Gasteiger partial charge in [0.15, 0.2) is 0 Å². The van der Waals surface area contributed by atoms with Gasteiger partial charge in [0.1, 0.15) is 5.02 Å². The van der Waals surface area contributed by atoms with Gasteiger partial charge in [-0.2, -0.15) is 0 Å². The highest BCUT2D eigenvalue weighted by molar-refractivity contribution is 9.09. The molecule has 23 heavy (non-hydrogen) atoms. The van der Waals surface area contributed by atoms with Crippen LogP contribution in [0.5, 0.6) is 0 Å². The largest absolute Gasteiger partial charge is 0.317 e. The number of halogens is 3. The normalized spacial score (nSPS) is 21.0. The van der Waals surface area contributed by atoms with Crippen LogP contribution < -0.4 is 5.56 Å². The highest BCUT2D eigenvalue weighted by Crippen LogP contribution is 2.34. The lowest BCUT2D eigenvalue weighted by Gasteiger charge is -2.28. The van der Waals surface area contributed by atoms with Gasteiger partial charge in [-0.25, -0.2) is 0 Å². The zero-order chi connectivity index (χ0) is 16.6. The van der Waals surface area contributed by atoms with Crippen molar-refractivity contribution in [2.75, 3.05) is 0 Å². The number of benzene rings is 1. The Bertz CT molecular complexity index is 775. The molecule has 0 saturated heterocycles. The monoisotopic (exact) mass is 412 g/mol. The summed E-state index contributed by atoms with van der Waals surface area (Å²) in [6.45, 7) is 0.755. The van der Waals surface area contributed by atoms with Crippen LogP contribution in [0, 0.1) is 0 Å². The Kier molecular flexibility index (Phi) is 4.97. The van der Waals surface area contributed by atoms with Gasteiger partial charge in [0.05, 0.1) is 11.0 Å². The standard InChI is InChI=1S/C17H15BrCl2N2O/c1-21-10-12(8-14(20)17(21)23)15-6-7-16(18)22(15)9-11-2-4-13(19)5-3-11/h2-8,10,15-16H,9H2,1H3. The first-order valence-corrected chi connectivity index (χ1v) is 8.81. The number of aromatic nitrogens is 1. The van der Waals surface area contributed by atoms with E-state index in [-0.39, 0.29) is 21.6 Å². The summed E-state index contributed by atoms with van der Waals surface area (Å²) in [6.07, 6.45) is 6.05. The Morgan fingerprint density at radius 2 is 1.87 bits per heavy atom. The Hall–Kier alpha value is -1.07. The highest BCUT2D eigenvalue weighted by Gasteiger charge is 2.28.